The Morgan fingerprint density at radius 2 is 1.95 bits per heavy atom. The van der Waals surface area contributed by atoms with Crippen molar-refractivity contribution < 1.29 is 13.6 Å². The van der Waals surface area contributed by atoms with Gasteiger partial charge in [-0.3, -0.25) is 4.79 Å². The minimum atomic E-state index is -0.497. The van der Waals surface area contributed by atoms with Crippen molar-refractivity contribution in [3.8, 4) is 0 Å². The molecule has 1 aliphatic carbocycles. The van der Waals surface area contributed by atoms with Crippen molar-refractivity contribution in [2.24, 2.45) is 5.73 Å². The molecule has 112 valence electrons. The molecule has 1 fully saturated rings. The molecule has 2 N–H and O–H groups in total. The molecule has 2 rings (SSSR count). The van der Waals surface area contributed by atoms with Gasteiger partial charge in [0.25, 0.3) is 0 Å². The van der Waals surface area contributed by atoms with Crippen molar-refractivity contribution in [3.63, 3.8) is 0 Å². The molecule has 1 amide bonds. The summed E-state index contributed by atoms with van der Waals surface area (Å²) in [6.07, 6.45) is 3.93. The highest BCUT2D eigenvalue weighted by Crippen LogP contribution is 2.25. The van der Waals surface area contributed by atoms with Gasteiger partial charge in [-0.25, -0.2) is 8.78 Å². The molecule has 0 heterocycles. The van der Waals surface area contributed by atoms with E-state index < -0.39 is 11.6 Å². The number of amides is 1. The Morgan fingerprint density at radius 3 is 2.55 bits per heavy atom. The van der Waals surface area contributed by atoms with Crippen LogP contribution < -0.4 is 5.73 Å². The molecule has 0 radical (unpaired) electrons. The summed E-state index contributed by atoms with van der Waals surface area (Å²) >= 11 is 0. The Balaban J connectivity index is 0.00000200. The fourth-order valence-corrected chi connectivity index (χ4v) is 2.60. The third kappa shape index (κ3) is 3.90. The minimum absolute atomic E-state index is 0. The molecule has 6 heteroatoms. The molecular weight excluding hydrogens is 286 g/mol. The van der Waals surface area contributed by atoms with Crippen LogP contribution in [-0.2, 0) is 11.3 Å². The average Bonchev–Trinajstić information content (AvgIpc) is 2.92. The smallest absolute Gasteiger partial charge is 0.236 e. The van der Waals surface area contributed by atoms with Crippen molar-refractivity contribution in [2.45, 2.75) is 38.3 Å². The first-order valence-corrected chi connectivity index (χ1v) is 6.55. The van der Waals surface area contributed by atoms with Gasteiger partial charge in [0, 0.05) is 18.2 Å². The fraction of sp³-hybridized carbons (Fsp3) is 0.500. The van der Waals surface area contributed by atoms with E-state index in [1.165, 1.54) is 0 Å². The summed E-state index contributed by atoms with van der Waals surface area (Å²) in [5.41, 5.74) is 5.61. The van der Waals surface area contributed by atoms with Crippen LogP contribution in [0.1, 0.15) is 31.2 Å². The zero-order chi connectivity index (χ0) is 13.8. The van der Waals surface area contributed by atoms with Crippen molar-refractivity contribution in [3.05, 3.63) is 35.4 Å². The first-order chi connectivity index (χ1) is 9.11. The van der Waals surface area contributed by atoms with Crippen LogP contribution in [0.25, 0.3) is 0 Å². The van der Waals surface area contributed by atoms with Gasteiger partial charge in [-0.05, 0) is 31.0 Å². The molecule has 1 aromatic carbocycles. The summed E-state index contributed by atoms with van der Waals surface area (Å²) in [4.78, 5) is 13.5. The van der Waals surface area contributed by atoms with E-state index in [9.17, 15) is 13.6 Å². The molecule has 0 aromatic heterocycles. The van der Waals surface area contributed by atoms with Gasteiger partial charge in [0.2, 0.25) is 5.91 Å². The second kappa shape index (κ2) is 7.55. The van der Waals surface area contributed by atoms with E-state index >= 15 is 0 Å². The zero-order valence-electron chi connectivity index (χ0n) is 11.1. The van der Waals surface area contributed by atoms with Crippen LogP contribution in [0.4, 0.5) is 8.78 Å². The van der Waals surface area contributed by atoms with Crippen molar-refractivity contribution in [2.75, 3.05) is 6.54 Å². The third-order valence-electron chi connectivity index (χ3n) is 3.61. The first-order valence-electron chi connectivity index (χ1n) is 6.55. The Kier molecular flexibility index (Phi) is 6.36. The number of carbonyl (C=O) groups excluding carboxylic acids is 1. The average molecular weight is 305 g/mol. The lowest BCUT2D eigenvalue weighted by Gasteiger charge is -2.29. The van der Waals surface area contributed by atoms with Gasteiger partial charge >= 0.3 is 0 Å². The molecule has 3 nitrogen and oxygen atoms in total. The molecular formula is C14H19ClF2N2O. The highest BCUT2D eigenvalue weighted by Gasteiger charge is 2.26. The molecule has 0 saturated heterocycles. The van der Waals surface area contributed by atoms with Crippen LogP contribution in [0.15, 0.2) is 18.2 Å². The van der Waals surface area contributed by atoms with Gasteiger partial charge in [0.15, 0.2) is 0 Å². The number of nitrogens with two attached hydrogens (primary N) is 1. The molecule has 0 unspecified atom stereocenters. The minimum Gasteiger partial charge on any atom is -0.334 e. The van der Waals surface area contributed by atoms with E-state index in [2.05, 4.69) is 0 Å². The fourth-order valence-electron chi connectivity index (χ4n) is 2.60. The number of carbonyl (C=O) groups is 1. The normalized spacial score (nSPS) is 14.9. The number of benzene rings is 1. The van der Waals surface area contributed by atoms with Crippen LogP contribution >= 0.6 is 12.4 Å². The van der Waals surface area contributed by atoms with Crippen LogP contribution in [0.3, 0.4) is 0 Å². The Bertz CT molecular complexity index is 464. The van der Waals surface area contributed by atoms with Gasteiger partial charge in [-0.15, -0.1) is 12.4 Å². The van der Waals surface area contributed by atoms with Gasteiger partial charge in [0.1, 0.15) is 11.6 Å². The third-order valence-corrected chi connectivity index (χ3v) is 3.61. The maximum Gasteiger partial charge on any atom is 0.236 e. The molecule has 1 aliphatic rings. The van der Waals surface area contributed by atoms with Crippen LogP contribution in [-0.4, -0.2) is 23.4 Å². The molecule has 1 saturated carbocycles. The van der Waals surface area contributed by atoms with E-state index in [1.54, 1.807) is 4.90 Å². The number of halogens is 3. The summed E-state index contributed by atoms with van der Waals surface area (Å²) in [6.45, 7) is -0.0161. The van der Waals surface area contributed by atoms with E-state index in [0.29, 0.717) is 0 Å². The second-order valence-electron chi connectivity index (χ2n) is 4.90. The Morgan fingerprint density at radius 1 is 1.30 bits per heavy atom. The van der Waals surface area contributed by atoms with Crippen molar-refractivity contribution in [1.82, 2.24) is 4.90 Å². The highest BCUT2D eigenvalue weighted by molar-refractivity contribution is 5.85. The monoisotopic (exact) mass is 304 g/mol. The summed E-state index contributed by atoms with van der Waals surface area (Å²) in [5.74, 6) is -1.20. The lowest BCUT2D eigenvalue weighted by Crippen LogP contribution is -2.42. The molecule has 0 aliphatic heterocycles. The van der Waals surface area contributed by atoms with E-state index in [0.717, 1.165) is 43.9 Å². The molecule has 0 atom stereocenters. The Hall–Kier alpha value is -1.20. The Labute approximate surface area is 123 Å². The van der Waals surface area contributed by atoms with E-state index in [-0.39, 0.29) is 43.0 Å². The lowest BCUT2D eigenvalue weighted by molar-refractivity contribution is -0.132. The van der Waals surface area contributed by atoms with Gasteiger partial charge < -0.3 is 10.6 Å². The van der Waals surface area contributed by atoms with Gasteiger partial charge in [-0.2, -0.15) is 0 Å². The summed E-state index contributed by atoms with van der Waals surface area (Å²) in [7, 11) is 0. The molecule has 20 heavy (non-hydrogen) atoms. The van der Waals surface area contributed by atoms with Crippen molar-refractivity contribution in [1.29, 1.82) is 0 Å². The molecule has 0 bridgehead atoms. The maximum atomic E-state index is 13.6. The number of rotatable bonds is 4. The predicted octanol–water partition coefficient (Wildman–Crippen LogP) is 2.62. The van der Waals surface area contributed by atoms with Crippen LogP contribution in [0.5, 0.6) is 0 Å². The largest absolute Gasteiger partial charge is 0.334 e. The topological polar surface area (TPSA) is 46.3 Å². The van der Waals surface area contributed by atoms with Crippen LogP contribution in [0.2, 0.25) is 0 Å². The van der Waals surface area contributed by atoms with Gasteiger partial charge in [0.05, 0.1) is 6.54 Å². The SMILES string of the molecule is Cl.NCC(=O)N(Cc1cc(F)ccc1F)C1CCCC1. The van der Waals surface area contributed by atoms with E-state index in [1.807, 2.05) is 0 Å². The zero-order valence-corrected chi connectivity index (χ0v) is 12.0. The predicted molar refractivity (Wildman–Crippen MR) is 75.5 cm³/mol. The van der Waals surface area contributed by atoms with Crippen molar-refractivity contribution >= 4 is 18.3 Å². The quantitative estimate of drug-likeness (QED) is 0.929. The highest BCUT2D eigenvalue weighted by atomic mass is 35.5. The van der Waals surface area contributed by atoms with Gasteiger partial charge in [-0.1, -0.05) is 12.8 Å². The standard InChI is InChI=1S/C14H18F2N2O.ClH/c15-11-5-6-13(16)10(7-11)9-18(14(19)8-17)12-3-1-2-4-12;/h5-7,12H,1-4,8-9,17H2;1H. The maximum absolute atomic E-state index is 13.6. The summed E-state index contributed by atoms with van der Waals surface area (Å²) in [5, 5.41) is 0. The summed E-state index contributed by atoms with van der Waals surface area (Å²) in [6, 6.07) is 3.40. The first kappa shape index (κ1) is 16.9. The number of hydrogen-bond acceptors (Lipinski definition) is 2. The van der Waals surface area contributed by atoms with E-state index in [4.69, 9.17) is 5.73 Å². The number of hydrogen-bond donors (Lipinski definition) is 1. The molecule has 1 aromatic rings. The molecule has 0 spiro atoms. The van der Waals surface area contributed by atoms with Crippen LogP contribution in [0, 0.1) is 11.6 Å². The second-order valence-corrected chi connectivity index (χ2v) is 4.90. The lowest BCUT2D eigenvalue weighted by atomic mass is 10.1. The number of nitrogens with zero attached hydrogens (tertiary/aromatic N) is 1. The summed E-state index contributed by atoms with van der Waals surface area (Å²) < 4.78 is 26.8.